The number of phenolic OH excluding ortho intramolecular Hbond substituents is 1. The van der Waals surface area contributed by atoms with E-state index in [1.54, 1.807) is 0 Å². The van der Waals surface area contributed by atoms with Crippen LogP contribution in [0.25, 0.3) is 10.8 Å². The van der Waals surface area contributed by atoms with Crippen molar-refractivity contribution in [1.82, 2.24) is 0 Å². The molecule has 0 saturated heterocycles. The number of phenols is 1. The Labute approximate surface area is 295 Å². The van der Waals surface area contributed by atoms with E-state index < -0.39 is 91.6 Å². The second-order valence-corrected chi connectivity index (χ2v) is 18.0. The van der Waals surface area contributed by atoms with Crippen molar-refractivity contribution >= 4 is 89.8 Å². The normalized spacial score (nSPS) is 13.4. The number of nitrogens with two attached hydrogens (primary N) is 1. The maximum atomic E-state index is 12.6. The lowest BCUT2D eigenvalue weighted by Crippen LogP contribution is -2.15. The topological polar surface area (TPSA) is 346 Å². The fourth-order valence-corrected chi connectivity index (χ4v) is 7.90. The van der Waals surface area contributed by atoms with E-state index in [0.29, 0.717) is 0 Å². The first-order chi connectivity index (χ1) is 24.0. The van der Waals surface area contributed by atoms with Crippen molar-refractivity contribution in [2.75, 3.05) is 30.5 Å². The van der Waals surface area contributed by atoms with E-state index in [1.165, 1.54) is 30.3 Å². The summed E-state index contributed by atoms with van der Waals surface area (Å²) < 4.78 is 153. The lowest BCUT2D eigenvalue weighted by atomic mass is 10.1. The van der Waals surface area contributed by atoms with Gasteiger partial charge in [0, 0.05) is 10.8 Å². The average Bonchev–Trinajstić information content (AvgIpc) is 3.02. The second kappa shape index (κ2) is 15.2. The van der Waals surface area contributed by atoms with Gasteiger partial charge in [0.05, 0.1) is 51.6 Å². The molecule has 0 unspecified atom stereocenters. The molecule has 6 N–H and O–H groups in total. The molecule has 4 aromatic rings. The van der Waals surface area contributed by atoms with E-state index in [1.807, 2.05) is 0 Å². The molecule has 4 rings (SSSR count). The summed E-state index contributed by atoms with van der Waals surface area (Å²) in [7, 11) is -23.1. The number of nitrogens with zero attached hydrogens (tertiary/aromatic N) is 4. The highest BCUT2D eigenvalue weighted by atomic mass is 32.3. The molecular weight excluding hydrogens is 799 g/mol. The van der Waals surface area contributed by atoms with Crippen LogP contribution in [0.15, 0.2) is 102 Å². The zero-order valence-corrected chi connectivity index (χ0v) is 29.9. The van der Waals surface area contributed by atoms with Gasteiger partial charge in [0.15, 0.2) is 25.4 Å². The zero-order chi connectivity index (χ0) is 38.7. The zero-order valence-electron chi connectivity index (χ0n) is 25.8. The molecule has 0 aliphatic carbocycles. The second-order valence-electron chi connectivity index (χ2n) is 10.2. The van der Waals surface area contributed by atoms with E-state index in [9.17, 15) is 51.7 Å². The highest BCUT2D eigenvalue weighted by Crippen LogP contribution is 2.46. The smallest absolute Gasteiger partial charge is 0.397 e. The van der Waals surface area contributed by atoms with Crippen molar-refractivity contribution < 1.29 is 69.2 Å². The molecule has 0 bridgehead atoms. The quantitative estimate of drug-likeness (QED) is 0.0651. The van der Waals surface area contributed by atoms with Crippen LogP contribution >= 0.6 is 0 Å². The van der Waals surface area contributed by atoms with Gasteiger partial charge < -0.3 is 10.8 Å². The largest absolute Gasteiger partial charge is 0.505 e. The van der Waals surface area contributed by atoms with Crippen LogP contribution in [0.5, 0.6) is 5.75 Å². The first-order valence-corrected chi connectivity index (χ1v) is 21.2. The van der Waals surface area contributed by atoms with Crippen LogP contribution < -0.4 is 5.73 Å². The van der Waals surface area contributed by atoms with Gasteiger partial charge in [-0.1, -0.05) is 6.07 Å². The molecule has 0 atom stereocenters. The number of aromatic hydroxyl groups is 1. The molecule has 21 nitrogen and oxygen atoms in total. The summed E-state index contributed by atoms with van der Waals surface area (Å²) in [5.74, 6) is -2.45. The Morgan fingerprint density at radius 2 is 1.12 bits per heavy atom. The summed E-state index contributed by atoms with van der Waals surface area (Å²) in [6.45, 7) is -1.74. The molecule has 0 aliphatic rings. The molecule has 4 aromatic carbocycles. The highest BCUT2D eigenvalue weighted by molar-refractivity contribution is 7.91. The predicted octanol–water partition coefficient (Wildman–Crippen LogP) is 3.39. The van der Waals surface area contributed by atoms with Gasteiger partial charge in [-0.2, -0.15) is 35.5 Å². The third-order valence-electron chi connectivity index (χ3n) is 6.59. The molecule has 0 aliphatic heterocycles. The lowest BCUT2D eigenvalue weighted by Gasteiger charge is -2.11. The third kappa shape index (κ3) is 10.5. The van der Waals surface area contributed by atoms with Crippen molar-refractivity contribution in [1.29, 1.82) is 0 Å². The Bertz CT molecular complexity index is 2650. The molecule has 0 radical (unpaired) electrons. The minimum Gasteiger partial charge on any atom is -0.505 e. The molecule has 0 fully saturated rings. The first-order valence-electron chi connectivity index (χ1n) is 13.8. The maximum absolute atomic E-state index is 12.6. The first kappa shape index (κ1) is 40.3. The summed E-state index contributed by atoms with van der Waals surface area (Å²) in [6.07, 6.45) is 0. The minimum atomic E-state index is -5.14. The van der Waals surface area contributed by atoms with Crippen LogP contribution in [0.1, 0.15) is 0 Å². The third-order valence-corrected chi connectivity index (χ3v) is 11.8. The fraction of sp³-hybridized carbons (Fsp3) is 0.154. The Morgan fingerprint density at radius 3 is 1.67 bits per heavy atom. The Morgan fingerprint density at radius 1 is 0.577 bits per heavy atom. The van der Waals surface area contributed by atoms with Gasteiger partial charge >= 0.3 is 20.8 Å². The number of hydrogen-bond donors (Lipinski definition) is 5. The van der Waals surface area contributed by atoms with Gasteiger partial charge in [-0.05, 0) is 60.7 Å². The van der Waals surface area contributed by atoms with Gasteiger partial charge in [0.1, 0.15) is 16.3 Å². The van der Waals surface area contributed by atoms with Gasteiger partial charge in [0.25, 0.3) is 10.1 Å². The average molecular weight is 824 g/mol. The summed E-state index contributed by atoms with van der Waals surface area (Å²) in [4.78, 5) is -1.58. The molecule has 0 amide bonds. The number of benzene rings is 4. The van der Waals surface area contributed by atoms with E-state index in [4.69, 9.17) is 14.8 Å². The van der Waals surface area contributed by atoms with Crippen LogP contribution in [0.4, 0.5) is 28.4 Å². The van der Waals surface area contributed by atoms with Crippen LogP contribution in [0.3, 0.4) is 0 Å². The summed E-state index contributed by atoms with van der Waals surface area (Å²) in [5.41, 5.74) is 4.86. The number of fused-ring (bicyclic) bond motifs is 1. The summed E-state index contributed by atoms with van der Waals surface area (Å²) >= 11 is 0. The van der Waals surface area contributed by atoms with Crippen molar-refractivity contribution in [2.45, 2.75) is 14.7 Å². The van der Waals surface area contributed by atoms with E-state index in [2.05, 4.69) is 28.8 Å². The fourth-order valence-electron chi connectivity index (χ4n) is 4.23. The molecule has 0 spiro atoms. The molecular formula is C26H25N5O16S5. The molecule has 52 heavy (non-hydrogen) atoms. The Balaban J connectivity index is 1.68. The number of anilines is 1. The van der Waals surface area contributed by atoms with Gasteiger partial charge in [-0.25, -0.2) is 25.2 Å². The number of hydrogen-bond acceptors (Lipinski definition) is 18. The number of rotatable bonds is 15. The summed E-state index contributed by atoms with van der Waals surface area (Å²) in [5, 5.41) is 26.3. The van der Waals surface area contributed by atoms with Crippen molar-refractivity contribution in [2.24, 2.45) is 20.5 Å². The maximum Gasteiger partial charge on any atom is 0.397 e. The Kier molecular flexibility index (Phi) is 11.8. The molecule has 280 valence electrons. The molecule has 0 saturated carbocycles. The van der Waals surface area contributed by atoms with Crippen molar-refractivity contribution in [3.63, 3.8) is 0 Å². The monoisotopic (exact) mass is 823 g/mol. The lowest BCUT2D eigenvalue weighted by molar-refractivity contribution is 0.282. The Hall–Kier alpha value is -4.51. The van der Waals surface area contributed by atoms with Gasteiger partial charge in [-0.3, -0.25) is 13.7 Å². The van der Waals surface area contributed by atoms with Crippen LogP contribution in [-0.2, 0) is 59.0 Å². The summed E-state index contributed by atoms with van der Waals surface area (Å²) in [6, 6.07) is 12.6. The van der Waals surface area contributed by atoms with Crippen LogP contribution in [0.2, 0.25) is 0 Å². The SMILES string of the molecule is Nc1ccc2c(O)c(N=Nc3ccc(S(=O)(=O)CCOS(=O)(=O)O)cc3)c(S(=O)(=O)O)cc2c1N=Nc1cccc(S(=O)(=O)CCOS(=O)(=O)O)c1. The number of nitrogen functional groups attached to an aromatic ring is 1. The minimum absolute atomic E-state index is 0.0593. The van der Waals surface area contributed by atoms with Gasteiger partial charge in [0.2, 0.25) is 0 Å². The van der Waals surface area contributed by atoms with Crippen LogP contribution in [-0.4, -0.2) is 85.6 Å². The van der Waals surface area contributed by atoms with Crippen LogP contribution in [0, 0.1) is 0 Å². The number of sulfone groups is 2. The highest BCUT2D eigenvalue weighted by Gasteiger charge is 2.24. The van der Waals surface area contributed by atoms with Crippen molar-refractivity contribution in [3.8, 4) is 5.75 Å². The molecule has 0 aromatic heterocycles. The van der Waals surface area contributed by atoms with E-state index in [0.717, 1.165) is 36.4 Å². The standard InChI is InChI=1S/C26H25N5O16S5/c27-22-9-8-20-21(24(22)30-29-17-2-1-3-19(14-17)49(35,36)13-11-47-52(43,44)45)15-23(50(37,38)39)25(26(20)32)31-28-16-4-6-18(7-5-16)48(33,34)12-10-46-51(40,41)42/h1-9,14-15,32H,10-13,27H2,(H,37,38,39)(H,40,41,42)(H,43,44,45). The van der Waals surface area contributed by atoms with E-state index >= 15 is 0 Å². The van der Waals surface area contributed by atoms with Crippen molar-refractivity contribution in [3.05, 3.63) is 66.7 Å². The van der Waals surface area contributed by atoms with E-state index in [-0.39, 0.29) is 43.3 Å². The number of azo groups is 2. The predicted molar refractivity (Wildman–Crippen MR) is 180 cm³/mol. The molecule has 0 heterocycles. The van der Waals surface area contributed by atoms with Gasteiger partial charge in [-0.15, -0.1) is 10.2 Å². The molecule has 26 heteroatoms.